The molecular weight excluding hydrogens is 374 g/mol. The predicted octanol–water partition coefficient (Wildman–Crippen LogP) is 3.28. The quantitative estimate of drug-likeness (QED) is 0.525. The molecule has 1 atom stereocenters. The molecule has 0 aliphatic carbocycles. The first kappa shape index (κ1) is 26.8. The molecule has 0 rings (SSSR count). The summed E-state index contributed by atoms with van der Waals surface area (Å²) in [6, 6.07) is 0. The molecule has 0 aliphatic rings. The second-order valence-corrected chi connectivity index (χ2v) is 8.68. The van der Waals surface area contributed by atoms with Crippen LogP contribution in [0.4, 0.5) is 9.59 Å². The standard InChI is InChI=1S/C21H39N3O5/c1-9-12-28-20(27)24(8)11-10-23(7)18(25)14-17(13-16(2)3)15-22-19(26)29-21(4,5)6/h9,16-17H,1,10-15H2,2-8H3,(H,22,26)/t17-/m0/s1. The highest BCUT2D eigenvalue weighted by molar-refractivity contribution is 5.76. The summed E-state index contributed by atoms with van der Waals surface area (Å²) in [4.78, 5) is 39.2. The Labute approximate surface area is 175 Å². The Morgan fingerprint density at radius 1 is 1.10 bits per heavy atom. The van der Waals surface area contributed by atoms with Crippen LogP contribution in [-0.4, -0.2) is 73.8 Å². The van der Waals surface area contributed by atoms with Gasteiger partial charge in [-0.2, -0.15) is 0 Å². The first-order valence-electron chi connectivity index (χ1n) is 10.0. The van der Waals surface area contributed by atoms with Gasteiger partial charge in [-0.3, -0.25) is 4.79 Å². The predicted molar refractivity (Wildman–Crippen MR) is 114 cm³/mol. The molecule has 168 valence electrons. The molecule has 1 N–H and O–H groups in total. The molecule has 0 fully saturated rings. The minimum Gasteiger partial charge on any atom is -0.445 e. The van der Waals surface area contributed by atoms with Crippen LogP contribution in [0.5, 0.6) is 0 Å². The molecule has 0 heterocycles. The van der Waals surface area contributed by atoms with E-state index in [9.17, 15) is 14.4 Å². The van der Waals surface area contributed by atoms with Gasteiger partial charge < -0.3 is 24.6 Å². The number of ether oxygens (including phenoxy) is 2. The number of alkyl carbamates (subject to hydrolysis) is 1. The molecule has 0 aliphatic heterocycles. The maximum atomic E-state index is 12.6. The maximum Gasteiger partial charge on any atom is 0.409 e. The maximum absolute atomic E-state index is 12.6. The second kappa shape index (κ2) is 13.1. The Morgan fingerprint density at radius 3 is 2.21 bits per heavy atom. The second-order valence-electron chi connectivity index (χ2n) is 8.68. The van der Waals surface area contributed by atoms with Crippen LogP contribution in [0.1, 0.15) is 47.5 Å². The lowest BCUT2D eigenvalue weighted by atomic mass is 9.93. The first-order valence-corrected chi connectivity index (χ1v) is 10.0. The van der Waals surface area contributed by atoms with Crippen LogP contribution >= 0.6 is 0 Å². The normalized spacial score (nSPS) is 12.1. The van der Waals surface area contributed by atoms with E-state index in [4.69, 9.17) is 9.47 Å². The zero-order valence-corrected chi connectivity index (χ0v) is 19.1. The minimum absolute atomic E-state index is 0.00718. The van der Waals surface area contributed by atoms with Crippen molar-refractivity contribution in [3.63, 3.8) is 0 Å². The van der Waals surface area contributed by atoms with Crippen LogP contribution in [-0.2, 0) is 14.3 Å². The van der Waals surface area contributed by atoms with Crippen molar-refractivity contribution in [1.82, 2.24) is 15.1 Å². The molecular formula is C21H39N3O5. The van der Waals surface area contributed by atoms with Crippen molar-refractivity contribution in [3.8, 4) is 0 Å². The number of likely N-dealkylation sites (N-methyl/N-ethyl adjacent to an activating group) is 2. The summed E-state index contributed by atoms with van der Waals surface area (Å²) >= 11 is 0. The van der Waals surface area contributed by atoms with Gasteiger partial charge in [0.25, 0.3) is 0 Å². The first-order chi connectivity index (χ1) is 13.4. The number of hydrogen-bond acceptors (Lipinski definition) is 5. The number of hydrogen-bond donors (Lipinski definition) is 1. The van der Waals surface area contributed by atoms with E-state index in [0.717, 1.165) is 6.42 Å². The summed E-state index contributed by atoms with van der Waals surface area (Å²) in [6.07, 6.45) is 1.69. The van der Waals surface area contributed by atoms with Gasteiger partial charge in [-0.05, 0) is 39.0 Å². The number of amides is 3. The average molecular weight is 414 g/mol. The Hall–Kier alpha value is -2.25. The Balaban J connectivity index is 4.58. The van der Waals surface area contributed by atoms with E-state index in [1.165, 1.54) is 11.0 Å². The summed E-state index contributed by atoms with van der Waals surface area (Å²) in [5.41, 5.74) is -0.563. The third-order valence-corrected chi connectivity index (χ3v) is 4.03. The summed E-state index contributed by atoms with van der Waals surface area (Å²) in [5.74, 6) is 0.367. The average Bonchev–Trinajstić information content (AvgIpc) is 2.59. The molecule has 0 saturated heterocycles. The molecule has 0 aromatic rings. The van der Waals surface area contributed by atoms with Gasteiger partial charge >= 0.3 is 12.2 Å². The van der Waals surface area contributed by atoms with E-state index in [1.807, 2.05) is 0 Å². The highest BCUT2D eigenvalue weighted by atomic mass is 16.6. The molecule has 8 nitrogen and oxygen atoms in total. The van der Waals surface area contributed by atoms with Crippen LogP contribution in [0.2, 0.25) is 0 Å². The van der Waals surface area contributed by atoms with E-state index in [2.05, 4.69) is 25.7 Å². The summed E-state index contributed by atoms with van der Waals surface area (Å²) in [6.45, 7) is 14.4. The van der Waals surface area contributed by atoms with Crippen molar-refractivity contribution >= 4 is 18.1 Å². The van der Waals surface area contributed by atoms with Crippen LogP contribution in [0, 0.1) is 11.8 Å². The van der Waals surface area contributed by atoms with E-state index in [1.54, 1.807) is 39.8 Å². The summed E-state index contributed by atoms with van der Waals surface area (Å²) in [5, 5.41) is 2.76. The Bertz CT molecular complexity index is 543. The fraction of sp³-hybridized carbons (Fsp3) is 0.762. The van der Waals surface area contributed by atoms with Gasteiger partial charge in [0.15, 0.2) is 0 Å². The Kier molecular flexibility index (Phi) is 12.0. The number of rotatable bonds is 11. The molecule has 0 spiro atoms. The molecule has 0 unspecified atom stereocenters. The lowest BCUT2D eigenvalue weighted by Gasteiger charge is -2.25. The molecule has 0 aromatic carbocycles. The van der Waals surface area contributed by atoms with Crippen LogP contribution < -0.4 is 5.32 Å². The molecule has 8 heteroatoms. The van der Waals surface area contributed by atoms with E-state index >= 15 is 0 Å². The van der Waals surface area contributed by atoms with E-state index < -0.39 is 17.8 Å². The number of carbonyl (C=O) groups is 3. The lowest BCUT2D eigenvalue weighted by Crippen LogP contribution is -2.40. The van der Waals surface area contributed by atoms with Crippen molar-refractivity contribution in [1.29, 1.82) is 0 Å². The number of carbonyl (C=O) groups excluding carboxylic acids is 3. The largest absolute Gasteiger partial charge is 0.445 e. The molecule has 0 bridgehead atoms. The summed E-state index contributed by atoms with van der Waals surface area (Å²) in [7, 11) is 3.33. The van der Waals surface area contributed by atoms with E-state index in [0.29, 0.717) is 32.0 Å². The van der Waals surface area contributed by atoms with Crippen LogP contribution in [0.15, 0.2) is 12.7 Å². The van der Waals surface area contributed by atoms with Gasteiger partial charge in [0.05, 0.1) is 0 Å². The van der Waals surface area contributed by atoms with Crippen LogP contribution in [0.3, 0.4) is 0 Å². The van der Waals surface area contributed by atoms with Crippen molar-refractivity contribution in [3.05, 3.63) is 12.7 Å². The zero-order chi connectivity index (χ0) is 22.6. The SMILES string of the molecule is C=CCOC(=O)N(C)CCN(C)C(=O)C[C@@H](CNC(=O)OC(C)(C)C)CC(C)C. The van der Waals surface area contributed by atoms with Gasteiger partial charge in [0.1, 0.15) is 12.2 Å². The zero-order valence-electron chi connectivity index (χ0n) is 19.1. The topological polar surface area (TPSA) is 88.2 Å². The highest BCUT2D eigenvalue weighted by Crippen LogP contribution is 2.16. The number of nitrogens with zero attached hydrogens (tertiary/aromatic N) is 2. The van der Waals surface area contributed by atoms with E-state index in [-0.39, 0.29) is 18.4 Å². The van der Waals surface area contributed by atoms with Gasteiger partial charge in [-0.15, -0.1) is 0 Å². The van der Waals surface area contributed by atoms with Gasteiger partial charge in [-0.25, -0.2) is 9.59 Å². The summed E-state index contributed by atoms with van der Waals surface area (Å²) < 4.78 is 10.2. The molecule has 0 aromatic heterocycles. The monoisotopic (exact) mass is 413 g/mol. The molecule has 0 radical (unpaired) electrons. The molecule has 0 saturated carbocycles. The van der Waals surface area contributed by atoms with Crippen LogP contribution in [0.25, 0.3) is 0 Å². The fourth-order valence-corrected chi connectivity index (χ4v) is 2.61. The molecule has 29 heavy (non-hydrogen) atoms. The minimum atomic E-state index is -0.563. The smallest absolute Gasteiger partial charge is 0.409 e. The van der Waals surface area contributed by atoms with Crippen molar-refractivity contribution in [2.45, 2.75) is 53.1 Å². The van der Waals surface area contributed by atoms with Gasteiger partial charge in [0.2, 0.25) is 5.91 Å². The van der Waals surface area contributed by atoms with Crippen molar-refractivity contribution in [2.75, 3.05) is 40.3 Å². The molecule has 3 amide bonds. The van der Waals surface area contributed by atoms with Crippen molar-refractivity contribution < 1.29 is 23.9 Å². The highest BCUT2D eigenvalue weighted by Gasteiger charge is 2.22. The van der Waals surface area contributed by atoms with Gasteiger partial charge in [-0.1, -0.05) is 26.5 Å². The third-order valence-electron chi connectivity index (χ3n) is 4.03. The lowest BCUT2D eigenvalue weighted by molar-refractivity contribution is -0.131. The number of nitrogens with one attached hydrogen (secondary N) is 1. The third kappa shape index (κ3) is 13.5. The fourth-order valence-electron chi connectivity index (χ4n) is 2.61. The van der Waals surface area contributed by atoms with Gasteiger partial charge in [0, 0.05) is 40.2 Å². The Morgan fingerprint density at radius 2 is 1.69 bits per heavy atom. The van der Waals surface area contributed by atoms with Crippen molar-refractivity contribution in [2.24, 2.45) is 11.8 Å².